The summed E-state index contributed by atoms with van der Waals surface area (Å²) in [6.45, 7) is 1.19. The largest absolute Gasteiger partial charge is 0.455 e. The van der Waals surface area contributed by atoms with E-state index in [-0.39, 0.29) is 16.8 Å². The molecule has 1 aliphatic carbocycles. The Morgan fingerprint density at radius 2 is 1.82 bits per heavy atom. The summed E-state index contributed by atoms with van der Waals surface area (Å²) in [6, 6.07) is 7.33. The van der Waals surface area contributed by atoms with Gasteiger partial charge in [0.2, 0.25) is 10.0 Å². The van der Waals surface area contributed by atoms with Crippen LogP contribution in [0.4, 0.5) is 0 Å². The smallest absolute Gasteiger partial charge is 0.321 e. The quantitative estimate of drug-likeness (QED) is 0.683. The van der Waals surface area contributed by atoms with Gasteiger partial charge in [-0.3, -0.25) is 9.59 Å². The third kappa shape index (κ3) is 6.04. The number of carbonyl (C=O) groups is 2. The molecule has 1 aromatic rings. The summed E-state index contributed by atoms with van der Waals surface area (Å²) < 4.78 is 31.3. The van der Waals surface area contributed by atoms with E-state index in [1.54, 1.807) is 11.9 Å². The minimum absolute atomic E-state index is 0.0679. The second-order valence-electron chi connectivity index (χ2n) is 7.04. The van der Waals surface area contributed by atoms with E-state index in [9.17, 15) is 18.0 Å². The molecule has 8 nitrogen and oxygen atoms in total. The number of nitrogens with zero attached hydrogens (tertiary/aromatic N) is 2. The number of sulfonamides is 1. The Balaban J connectivity index is 1.78. The van der Waals surface area contributed by atoms with Crippen molar-refractivity contribution in [3.05, 3.63) is 29.8 Å². The minimum atomic E-state index is -3.91. The summed E-state index contributed by atoms with van der Waals surface area (Å²) in [7, 11) is -2.21. The maximum absolute atomic E-state index is 12.2. The van der Waals surface area contributed by atoms with Crippen molar-refractivity contribution < 1.29 is 22.7 Å². The van der Waals surface area contributed by atoms with Gasteiger partial charge in [0.25, 0.3) is 5.91 Å². The van der Waals surface area contributed by atoms with Gasteiger partial charge in [-0.1, -0.05) is 6.92 Å². The lowest BCUT2D eigenvalue weighted by Crippen LogP contribution is -2.42. The molecule has 0 aliphatic heterocycles. The maximum atomic E-state index is 12.2. The van der Waals surface area contributed by atoms with E-state index in [1.165, 1.54) is 24.3 Å². The number of rotatable bonds is 7. The van der Waals surface area contributed by atoms with Gasteiger partial charge in [0.15, 0.2) is 6.61 Å². The number of amides is 1. The molecule has 0 bridgehead atoms. The van der Waals surface area contributed by atoms with E-state index < -0.39 is 29.1 Å². The molecule has 2 rings (SSSR count). The van der Waals surface area contributed by atoms with E-state index >= 15 is 0 Å². The monoisotopic (exact) mass is 407 g/mol. The second kappa shape index (κ2) is 9.66. The van der Waals surface area contributed by atoms with Crippen LogP contribution in [0.3, 0.4) is 0 Å². The Hall–Kier alpha value is -2.44. The number of ether oxygens (including phenoxy) is 1. The van der Waals surface area contributed by atoms with Gasteiger partial charge in [-0.2, -0.15) is 9.98 Å². The van der Waals surface area contributed by atoms with Crippen LogP contribution in [0.15, 0.2) is 29.2 Å². The fourth-order valence-corrected chi connectivity index (χ4v) is 4.04. The first-order chi connectivity index (χ1) is 13.2. The highest BCUT2D eigenvalue weighted by molar-refractivity contribution is 7.89. The number of hydrogen-bond donors (Lipinski definition) is 1. The highest BCUT2D eigenvalue weighted by Crippen LogP contribution is 2.26. The Labute approximate surface area is 165 Å². The average Bonchev–Trinajstić information content (AvgIpc) is 2.70. The third-order valence-corrected chi connectivity index (χ3v) is 6.40. The first kappa shape index (κ1) is 21.9. The second-order valence-corrected chi connectivity index (χ2v) is 8.81. The number of nitriles is 1. The van der Waals surface area contributed by atoms with E-state index in [0.717, 1.165) is 25.7 Å². The Bertz CT molecular complexity index is 837. The number of hydrogen-bond acceptors (Lipinski definition) is 6. The highest BCUT2D eigenvalue weighted by atomic mass is 32.2. The minimum Gasteiger partial charge on any atom is -0.455 e. The van der Waals surface area contributed by atoms with Crippen molar-refractivity contribution in [1.29, 1.82) is 5.26 Å². The van der Waals surface area contributed by atoms with Crippen molar-refractivity contribution in [3.63, 3.8) is 0 Å². The summed E-state index contributed by atoms with van der Waals surface area (Å²) in [5, 5.41) is 8.74. The molecule has 0 saturated heterocycles. The van der Waals surface area contributed by atoms with Gasteiger partial charge < -0.3 is 9.64 Å². The predicted octanol–water partition coefficient (Wildman–Crippen LogP) is 1.42. The number of carbonyl (C=O) groups excluding carboxylic acids is 2. The molecule has 1 N–H and O–H groups in total. The zero-order valence-electron chi connectivity index (χ0n) is 16.1. The average molecular weight is 407 g/mol. The Kier molecular flexibility index (Phi) is 7.54. The molecule has 0 spiro atoms. The van der Waals surface area contributed by atoms with E-state index in [0.29, 0.717) is 11.5 Å². The predicted molar refractivity (Wildman–Crippen MR) is 101 cm³/mol. The summed E-state index contributed by atoms with van der Waals surface area (Å²) in [6.07, 6.45) is 4.00. The van der Waals surface area contributed by atoms with E-state index in [4.69, 9.17) is 10.00 Å². The van der Waals surface area contributed by atoms with Gasteiger partial charge in [-0.25, -0.2) is 8.42 Å². The molecule has 0 atom stereocenters. The fourth-order valence-electron chi connectivity index (χ4n) is 3.07. The fraction of sp³-hybridized carbons (Fsp3) is 0.526. The molecule has 152 valence electrons. The van der Waals surface area contributed by atoms with Crippen molar-refractivity contribution in [1.82, 2.24) is 9.62 Å². The summed E-state index contributed by atoms with van der Waals surface area (Å²) >= 11 is 0. The molecule has 1 aliphatic rings. The number of likely N-dealkylation sites (N-methyl/N-ethyl adjacent to an activating group) is 1. The van der Waals surface area contributed by atoms with Crippen LogP contribution in [0.1, 0.15) is 38.2 Å². The van der Waals surface area contributed by atoms with Crippen LogP contribution in [-0.2, 0) is 24.3 Å². The summed E-state index contributed by atoms with van der Waals surface area (Å²) in [5.74, 6) is -0.471. The lowest BCUT2D eigenvalue weighted by molar-refractivity contribution is -0.151. The molecule has 0 unspecified atom stereocenters. The molecule has 1 fully saturated rings. The van der Waals surface area contributed by atoms with Gasteiger partial charge >= 0.3 is 5.97 Å². The van der Waals surface area contributed by atoms with E-state index in [1.807, 2.05) is 6.07 Å². The van der Waals surface area contributed by atoms with Crippen LogP contribution in [0.25, 0.3) is 0 Å². The summed E-state index contributed by atoms with van der Waals surface area (Å²) in [4.78, 5) is 25.5. The van der Waals surface area contributed by atoms with Crippen LogP contribution < -0.4 is 4.72 Å². The summed E-state index contributed by atoms with van der Waals surface area (Å²) in [5.41, 5.74) is 0.327. The molecular weight excluding hydrogens is 382 g/mol. The molecule has 0 aromatic heterocycles. The van der Waals surface area contributed by atoms with Crippen LogP contribution in [-0.4, -0.2) is 51.4 Å². The molecule has 1 amide bonds. The normalized spacial score (nSPS) is 19.5. The first-order valence-corrected chi connectivity index (χ1v) is 10.6. The van der Waals surface area contributed by atoms with Crippen LogP contribution in [0.5, 0.6) is 0 Å². The van der Waals surface area contributed by atoms with Crippen LogP contribution >= 0.6 is 0 Å². The van der Waals surface area contributed by atoms with Crippen LogP contribution in [0, 0.1) is 17.2 Å². The van der Waals surface area contributed by atoms with Gasteiger partial charge in [0.1, 0.15) is 6.54 Å². The molecule has 9 heteroatoms. The van der Waals surface area contributed by atoms with Crippen molar-refractivity contribution >= 4 is 21.9 Å². The number of esters is 1. The van der Waals surface area contributed by atoms with Crippen molar-refractivity contribution in [3.8, 4) is 6.07 Å². The SMILES string of the molecule is CC1CCC(N(C)C(=O)COC(=O)CNS(=O)(=O)c2ccc(C#N)cc2)CC1. The molecule has 0 radical (unpaired) electrons. The molecule has 28 heavy (non-hydrogen) atoms. The molecular formula is C19H25N3O5S. The number of benzene rings is 1. The lowest BCUT2D eigenvalue weighted by Gasteiger charge is -2.33. The zero-order chi connectivity index (χ0) is 20.7. The maximum Gasteiger partial charge on any atom is 0.321 e. The topological polar surface area (TPSA) is 117 Å². The highest BCUT2D eigenvalue weighted by Gasteiger charge is 2.25. The van der Waals surface area contributed by atoms with Crippen molar-refractivity contribution in [2.45, 2.75) is 43.5 Å². The molecule has 1 saturated carbocycles. The van der Waals surface area contributed by atoms with Gasteiger partial charge in [0, 0.05) is 13.1 Å². The molecule has 0 heterocycles. The van der Waals surface area contributed by atoms with Gasteiger partial charge in [-0.15, -0.1) is 0 Å². The third-order valence-electron chi connectivity index (χ3n) is 4.98. The van der Waals surface area contributed by atoms with Gasteiger partial charge in [0.05, 0.1) is 16.5 Å². The molecule has 1 aromatic carbocycles. The van der Waals surface area contributed by atoms with Crippen LogP contribution in [0.2, 0.25) is 0 Å². The Morgan fingerprint density at radius 3 is 2.39 bits per heavy atom. The first-order valence-electron chi connectivity index (χ1n) is 9.14. The van der Waals surface area contributed by atoms with E-state index in [2.05, 4.69) is 11.6 Å². The number of nitrogens with one attached hydrogen (secondary N) is 1. The van der Waals surface area contributed by atoms with Crippen molar-refractivity contribution in [2.24, 2.45) is 5.92 Å². The standard InChI is InChI=1S/C19H25N3O5S/c1-14-3-7-16(8-4-14)22(2)18(23)13-27-19(24)12-21-28(25,26)17-9-5-15(11-20)6-10-17/h5-6,9-10,14,16,21H,3-4,7-8,12-13H2,1-2H3. The lowest BCUT2D eigenvalue weighted by atomic mass is 9.87. The Morgan fingerprint density at radius 1 is 1.21 bits per heavy atom. The van der Waals surface area contributed by atoms with Gasteiger partial charge in [-0.05, 0) is 55.9 Å². The zero-order valence-corrected chi connectivity index (χ0v) is 16.9. The van der Waals surface area contributed by atoms with Crippen molar-refractivity contribution in [2.75, 3.05) is 20.2 Å².